The Morgan fingerprint density at radius 3 is 2.49 bits per heavy atom. The summed E-state index contributed by atoms with van der Waals surface area (Å²) in [7, 11) is 0. The minimum Gasteiger partial charge on any atom is -0.457 e. The van der Waals surface area contributed by atoms with E-state index in [1.165, 1.54) is 6.07 Å². The highest BCUT2D eigenvalue weighted by atomic mass is 19.1. The number of nitrogens with one attached hydrogen (secondary N) is 2. The number of hydrogen-bond acceptors (Lipinski definition) is 6. The van der Waals surface area contributed by atoms with Gasteiger partial charge >= 0.3 is 0 Å². The second-order valence-corrected chi connectivity index (χ2v) is 11.0. The number of aryl methyl sites for hydroxylation is 1. The van der Waals surface area contributed by atoms with Crippen molar-refractivity contribution in [2.45, 2.75) is 53.1 Å². The highest BCUT2D eigenvalue weighted by molar-refractivity contribution is 6.11. The van der Waals surface area contributed by atoms with Crippen LogP contribution in [-0.4, -0.2) is 47.4 Å². The molecule has 2 N–H and O–H groups in total. The van der Waals surface area contributed by atoms with Gasteiger partial charge in [-0.2, -0.15) is 5.26 Å². The number of amidine groups is 1. The number of aromatic amines is 1. The number of nitriles is 1. The van der Waals surface area contributed by atoms with Crippen molar-refractivity contribution in [2.75, 3.05) is 29.9 Å². The van der Waals surface area contributed by atoms with Gasteiger partial charge in [-0.3, -0.25) is 4.90 Å². The molecule has 2 aliphatic rings. The molecule has 2 aliphatic heterocycles. The molecule has 0 spiro atoms. The fraction of sp³-hybridized carbons (Fsp3) is 0.375. The monoisotopic (exact) mass is 558 g/mol. The Balaban J connectivity index is 1.42. The standard InChI is InChI=1S/C32H36F2N6O/c1-6-40-21(4)17-39(18-22(40)5)24-11-9-23(10-12-24)38-32-26(16-35)31(19(2)8-7-13-36-32)41-28-15-27(33)30-25(29(28)34)14-20(3)37-30/h7,9-15,19,21-22,37H,6,8,17-18H2,1-5H3,(H,36,38)/b13-7+,31-26+/t19?,21-,22+. The largest absolute Gasteiger partial charge is 0.457 e. The van der Waals surface area contributed by atoms with Crippen LogP contribution in [0.4, 0.5) is 20.2 Å². The van der Waals surface area contributed by atoms with Crippen LogP contribution in [0, 0.1) is 35.8 Å². The average molecular weight is 559 g/mol. The number of likely N-dealkylation sites (N-methyl/N-ethyl adjacent to an activating group) is 1. The van der Waals surface area contributed by atoms with E-state index in [0.29, 0.717) is 24.2 Å². The van der Waals surface area contributed by atoms with E-state index in [1.54, 1.807) is 13.1 Å². The molecule has 0 aliphatic carbocycles. The molecule has 1 saturated heterocycles. The predicted molar refractivity (Wildman–Crippen MR) is 160 cm³/mol. The summed E-state index contributed by atoms with van der Waals surface area (Å²) < 4.78 is 36.2. The molecule has 0 saturated carbocycles. The fourth-order valence-corrected chi connectivity index (χ4v) is 5.89. The van der Waals surface area contributed by atoms with Crippen LogP contribution in [0.15, 0.2) is 65.0 Å². The van der Waals surface area contributed by atoms with Crippen molar-refractivity contribution in [3.05, 3.63) is 77.3 Å². The zero-order valence-corrected chi connectivity index (χ0v) is 24.1. The lowest BCUT2D eigenvalue weighted by Crippen LogP contribution is -2.56. The maximum absolute atomic E-state index is 15.4. The number of rotatable bonds is 5. The number of piperazine rings is 1. The number of aromatic nitrogens is 1. The van der Waals surface area contributed by atoms with Crippen molar-refractivity contribution in [2.24, 2.45) is 10.9 Å². The summed E-state index contributed by atoms with van der Waals surface area (Å²) in [6.07, 6.45) is 4.02. The minimum atomic E-state index is -0.689. The van der Waals surface area contributed by atoms with Crippen molar-refractivity contribution in [1.29, 1.82) is 5.26 Å². The van der Waals surface area contributed by atoms with E-state index >= 15 is 4.39 Å². The zero-order chi connectivity index (χ0) is 29.3. The van der Waals surface area contributed by atoms with Crippen molar-refractivity contribution in [3.8, 4) is 11.8 Å². The first-order valence-corrected chi connectivity index (χ1v) is 14.1. The third-order valence-electron chi connectivity index (χ3n) is 7.92. The van der Waals surface area contributed by atoms with Gasteiger partial charge in [-0.05, 0) is 64.1 Å². The van der Waals surface area contributed by atoms with E-state index in [2.05, 4.69) is 64.1 Å². The lowest BCUT2D eigenvalue weighted by Gasteiger charge is -2.45. The van der Waals surface area contributed by atoms with Gasteiger partial charge in [0, 0.05) is 65.8 Å². The molecule has 0 amide bonds. The first-order valence-electron chi connectivity index (χ1n) is 14.1. The molecular weight excluding hydrogens is 522 g/mol. The van der Waals surface area contributed by atoms with Gasteiger partial charge in [0.15, 0.2) is 23.2 Å². The second kappa shape index (κ2) is 11.8. The molecular formula is C32H36F2N6O. The summed E-state index contributed by atoms with van der Waals surface area (Å²) in [5.74, 6) is -1.38. The van der Waals surface area contributed by atoms with E-state index in [-0.39, 0.29) is 39.7 Å². The first kappa shape index (κ1) is 28.4. The van der Waals surface area contributed by atoms with E-state index in [0.717, 1.165) is 37.1 Å². The van der Waals surface area contributed by atoms with Gasteiger partial charge in [0.05, 0.1) is 5.52 Å². The SMILES string of the molecule is CCN1[C@H](C)CN(c2ccc(NC3=N/C=C/CC(C)/C(Oc4cc(F)c5[nH]c(C)cc5c4F)=C\3C#N)cc2)C[C@@H]1C. The average Bonchev–Trinajstić information content (AvgIpc) is 3.35. The van der Waals surface area contributed by atoms with Crippen molar-refractivity contribution >= 4 is 28.1 Å². The van der Waals surface area contributed by atoms with E-state index < -0.39 is 11.6 Å². The molecule has 9 heteroatoms. The van der Waals surface area contributed by atoms with Gasteiger partial charge in [0.1, 0.15) is 17.4 Å². The third kappa shape index (κ3) is 5.70. The van der Waals surface area contributed by atoms with E-state index in [1.807, 2.05) is 25.1 Å². The van der Waals surface area contributed by atoms with Crippen LogP contribution in [0.2, 0.25) is 0 Å². The van der Waals surface area contributed by atoms with Gasteiger partial charge in [-0.1, -0.05) is 19.9 Å². The molecule has 214 valence electrons. The van der Waals surface area contributed by atoms with Crippen LogP contribution in [0.25, 0.3) is 10.9 Å². The Morgan fingerprint density at radius 2 is 1.83 bits per heavy atom. The normalized spacial score (nSPS) is 25.7. The maximum Gasteiger partial charge on any atom is 0.175 e. The van der Waals surface area contributed by atoms with Crippen LogP contribution >= 0.6 is 0 Å². The Kier molecular flexibility index (Phi) is 8.13. The van der Waals surface area contributed by atoms with Crippen LogP contribution < -0.4 is 15.0 Å². The molecule has 41 heavy (non-hydrogen) atoms. The number of halogens is 2. The second-order valence-electron chi connectivity index (χ2n) is 11.0. The highest BCUT2D eigenvalue weighted by Gasteiger charge is 2.29. The summed E-state index contributed by atoms with van der Waals surface area (Å²) in [6, 6.07) is 13.7. The Morgan fingerprint density at radius 1 is 1.12 bits per heavy atom. The fourth-order valence-electron chi connectivity index (χ4n) is 5.89. The van der Waals surface area contributed by atoms with Crippen LogP contribution in [0.1, 0.15) is 39.8 Å². The molecule has 0 bridgehead atoms. The molecule has 0 radical (unpaired) electrons. The topological polar surface area (TPSA) is 79.7 Å². The summed E-state index contributed by atoms with van der Waals surface area (Å²) >= 11 is 0. The smallest absolute Gasteiger partial charge is 0.175 e. The Bertz CT molecular complexity index is 1550. The van der Waals surface area contributed by atoms with Gasteiger partial charge in [0.2, 0.25) is 0 Å². The first-order chi connectivity index (χ1) is 19.7. The number of aliphatic imine (C=N–C) groups is 1. The molecule has 1 fully saturated rings. The lowest BCUT2D eigenvalue weighted by molar-refractivity contribution is 0.140. The molecule has 3 heterocycles. The molecule has 1 aromatic heterocycles. The number of H-pyrrole nitrogens is 1. The van der Waals surface area contributed by atoms with Crippen molar-refractivity contribution in [3.63, 3.8) is 0 Å². The predicted octanol–water partition coefficient (Wildman–Crippen LogP) is 6.89. The molecule has 3 aromatic rings. The number of anilines is 2. The number of allylic oxidation sites excluding steroid dienone is 2. The molecule has 7 nitrogen and oxygen atoms in total. The van der Waals surface area contributed by atoms with Crippen molar-refractivity contribution in [1.82, 2.24) is 9.88 Å². The molecule has 3 atom stereocenters. The van der Waals surface area contributed by atoms with E-state index in [4.69, 9.17) is 4.74 Å². The Labute approximate surface area is 239 Å². The van der Waals surface area contributed by atoms with Crippen molar-refractivity contribution < 1.29 is 13.5 Å². The lowest BCUT2D eigenvalue weighted by atomic mass is 9.99. The van der Waals surface area contributed by atoms with Gasteiger partial charge in [0.25, 0.3) is 0 Å². The molecule has 1 unspecified atom stereocenters. The molecule has 2 aromatic carbocycles. The highest BCUT2D eigenvalue weighted by Crippen LogP contribution is 2.34. The summed E-state index contributed by atoms with van der Waals surface area (Å²) in [4.78, 5) is 12.2. The third-order valence-corrected chi connectivity index (χ3v) is 7.92. The van der Waals surface area contributed by atoms with Crippen LogP contribution in [0.3, 0.4) is 0 Å². The van der Waals surface area contributed by atoms with Crippen LogP contribution in [0.5, 0.6) is 5.75 Å². The maximum atomic E-state index is 15.4. The summed E-state index contributed by atoms with van der Waals surface area (Å²) in [5.41, 5.74) is 2.73. The van der Waals surface area contributed by atoms with Gasteiger partial charge < -0.3 is 19.9 Å². The van der Waals surface area contributed by atoms with Gasteiger partial charge in [-0.25, -0.2) is 13.8 Å². The number of benzene rings is 2. The Hall–Kier alpha value is -4.16. The van der Waals surface area contributed by atoms with Crippen LogP contribution in [-0.2, 0) is 0 Å². The summed E-state index contributed by atoms with van der Waals surface area (Å²) in [6.45, 7) is 13.3. The van der Waals surface area contributed by atoms with E-state index in [9.17, 15) is 9.65 Å². The molecule has 5 rings (SSSR count). The number of hydrogen-bond donors (Lipinski definition) is 2. The zero-order valence-electron chi connectivity index (χ0n) is 24.1. The minimum absolute atomic E-state index is 0.0824. The number of nitrogens with zero attached hydrogens (tertiary/aromatic N) is 4. The summed E-state index contributed by atoms with van der Waals surface area (Å²) in [5, 5.41) is 13.6. The van der Waals surface area contributed by atoms with Gasteiger partial charge in [-0.15, -0.1) is 0 Å². The number of ether oxygens (including phenoxy) is 1. The number of fused-ring (bicyclic) bond motifs is 1. The quantitative estimate of drug-likeness (QED) is 0.356.